The quantitative estimate of drug-likeness (QED) is 0.732. The van der Waals surface area contributed by atoms with Crippen LogP contribution in [0, 0.1) is 11.3 Å². The van der Waals surface area contributed by atoms with E-state index in [0.29, 0.717) is 11.3 Å². The number of carboxylic acid groups (broad SMARTS) is 1. The zero-order chi connectivity index (χ0) is 16.0. The lowest BCUT2D eigenvalue weighted by atomic mass is 10.1. The number of nitrogens with one attached hydrogen (secondary N) is 1. The molecule has 0 aliphatic carbocycles. The summed E-state index contributed by atoms with van der Waals surface area (Å²) in [6.07, 6.45) is 0. The van der Waals surface area contributed by atoms with Crippen LogP contribution in [0.1, 0.15) is 19.4 Å². The number of thioether (sulfide) groups is 1. The Morgan fingerprint density at radius 3 is 2.76 bits per heavy atom. The molecule has 0 unspecified atom stereocenters. The number of rotatable bonds is 6. The first-order chi connectivity index (χ1) is 9.76. The Labute approximate surface area is 127 Å². The molecule has 0 saturated carbocycles. The molecular formula is C14H17N3O3S. The Hall–Kier alpha value is -2.04. The molecule has 1 aromatic rings. The fraction of sp³-hybridized carbons (Fsp3) is 0.357. The largest absolute Gasteiger partial charge is 0.480 e. The van der Waals surface area contributed by atoms with E-state index in [1.165, 1.54) is 11.8 Å². The van der Waals surface area contributed by atoms with Crippen molar-refractivity contribution in [3.63, 3.8) is 0 Å². The van der Waals surface area contributed by atoms with Crippen LogP contribution >= 0.6 is 11.8 Å². The number of hydrogen-bond acceptors (Lipinski definition) is 5. The van der Waals surface area contributed by atoms with E-state index in [2.05, 4.69) is 5.32 Å². The van der Waals surface area contributed by atoms with Crippen LogP contribution in [0.15, 0.2) is 24.3 Å². The van der Waals surface area contributed by atoms with E-state index < -0.39 is 16.8 Å². The monoisotopic (exact) mass is 307 g/mol. The van der Waals surface area contributed by atoms with E-state index in [-0.39, 0.29) is 11.7 Å². The molecule has 0 bridgehead atoms. The Morgan fingerprint density at radius 1 is 1.52 bits per heavy atom. The number of carbonyl (C=O) groups is 2. The fourth-order valence-electron chi connectivity index (χ4n) is 1.50. The van der Waals surface area contributed by atoms with Crippen LogP contribution < -0.4 is 11.1 Å². The van der Waals surface area contributed by atoms with E-state index in [9.17, 15) is 9.59 Å². The predicted molar refractivity (Wildman–Crippen MR) is 81.9 cm³/mol. The van der Waals surface area contributed by atoms with E-state index in [4.69, 9.17) is 16.1 Å². The summed E-state index contributed by atoms with van der Waals surface area (Å²) < 4.78 is -0.766. The topological polar surface area (TPSA) is 116 Å². The maximum atomic E-state index is 11.8. The average molecular weight is 307 g/mol. The number of nitrogens with zero attached hydrogens (tertiary/aromatic N) is 1. The van der Waals surface area contributed by atoms with Crippen LogP contribution in [0.2, 0.25) is 0 Å². The van der Waals surface area contributed by atoms with Crippen molar-refractivity contribution in [2.75, 3.05) is 11.1 Å². The van der Waals surface area contributed by atoms with Gasteiger partial charge in [0, 0.05) is 10.4 Å². The third-order valence-corrected chi connectivity index (χ3v) is 4.27. The third kappa shape index (κ3) is 5.10. The van der Waals surface area contributed by atoms with Crippen molar-refractivity contribution in [3.05, 3.63) is 29.8 Å². The SMILES string of the molecule is CC(C)(SCC(=O)Nc1cccc(C#N)c1)[C@@H](N)C(=O)O. The number of amides is 1. The summed E-state index contributed by atoms with van der Waals surface area (Å²) in [5.74, 6) is -1.31. The number of nitriles is 1. The number of carbonyl (C=O) groups excluding carboxylic acids is 1. The van der Waals surface area contributed by atoms with Crippen molar-refractivity contribution in [2.45, 2.75) is 24.6 Å². The highest BCUT2D eigenvalue weighted by atomic mass is 32.2. The number of aliphatic carboxylic acids is 1. The Morgan fingerprint density at radius 2 is 2.19 bits per heavy atom. The maximum absolute atomic E-state index is 11.8. The number of carboxylic acids is 1. The van der Waals surface area contributed by atoms with Gasteiger partial charge in [0.25, 0.3) is 0 Å². The molecule has 4 N–H and O–H groups in total. The lowest BCUT2D eigenvalue weighted by Gasteiger charge is -2.27. The van der Waals surface area contributed by atoms with Gasteiger partial charge >= 0.3 is 5.97 Å². The second-order valence-electron chi connectivity index (χ2n) is 4.95. The zero-order valence-corrected chi connectivity index (χ0v) is 12.6. The lowest BCUT2D eigenvalue weighted by molar-refractivity contribution is -0.139. The number of hydrogen-bond donors (Lipinski definition) is 3. The Balaban J connectivity index is 2.58. The summed E-state index contributed by atoms with van der Waals surface area (Å²) >= 11 is 1.17. The molecule has 0 heterocycles. The minimum atomic E-state index is -1.10. The van der Waals surface area contributed by atoms with Crippen LogP contribution in [-0.2, 0) is 9.59 Å². The molecule has 1 aromatic carbocycles. The lowest BCUT2D eigenvalue weighted by Crippen LogP contribution is -2.47. The van der Waals surface area contributed by atoms with Crippen LogP contribution in [0.25, 0.3) is 0 Å². The van der Waals surface area contributed by atoms with Crippen LogP contribution in [0.4, 0.5) is 5.69 Å². The first kappa shape index (κ1) is 17.0. The summed E-state index contributed by atoms with van der Waals surface area (Å²) in [6.45, 7) is 3.36. The van der Waals surface area contributed by atoms with E-state index >= 15 is 0 Å². The number of benzene rings is 1. The fourth-order valence-corrected chi connectivity index (χ4v) is 2.36. The first-order valence-corrected chi connectivity index (χ1v) is 7.17. The summed E-state index contributed by atoms with van der Waals surface area (Å²) in [5.41, 5.74) is 6.56. The van der Waals surface area contributed by atoms with Gasteiger partial charge in [0.05, 0.1) is 17.4 Å². The van der Waals surface area contributed by atoms with Crippen molar-refractivity contribution in [3.8, 4) is 6.07 Å². The smallest absolute Gasteiger partial charge is 0.321 e. The molecule has 0 radical (unpaired) electrons. The van der Waals surface area contributed by atoms with Crippen LogP contribution in [-0.4, -0.2) is 33.5 Å². The second-order valence-corrected chi connectivity index (χ2v) is 6.58. The van der Waals surface area contributed by atoms with Gasteiger partial charge in [0.15, 0.2) is 0 Å². The molecule has 7 heteroatoms. The van der Waals surface area contributed by atoms with Gasteiger partial charge in [-0.1, -0.05) is 6.07 Å². The molecular weight excluding hydrogens is 290 g/mol. The van der Waals surface area contributed by atoms with Gasteiger partial charge in [-0.2, -0.15) is 5.26 Å². The standard InChI is InChI=1S/C14H17N3O3S/c1-14(2,12(16)13(19)20)21-8-11(18)17-10-5-3-4-9(6-10)7-15/h3-6,12H,8,16H2,1-2H3,(H,17,18)(H,19,20)/t12-/m0/s1. The molecule has 0 aliphatic heterocycles. The van der Waals surface area contributed by atoms with Gasteiger partial charge in [-0.3, -0.25) is 9.59 Å². The minimum Gasteiger partial charge on any atom is -0.480 e. The molecule has 21 heavy (non-hydrogen) atoms. The molecule has 1 rings (SSSR count). The van der Waals surface area contributed by atoms with E-state index in [1.54, 1.807) is 38.1 Å². The Kier molecular flexibility index (Phi) is 5.76. The van der Waals surface area contributed by atoms with E-state index in [1.807, 2.05) is 6.07 Å². The average Bonchev–Trinajstić information content (AvgIpc) is 2.44. The van der Waals surface area contributed by atoms with E-state index in [0.717, 1.165) is 0 Å². The summed E-state index contributed by atoms with van der Waals surface area (Å²) in [4.78, 5) is 22.7. The highest BCUT2D eigenvalue weighted by molar-refractivity contribution is 8.01. The molecule has 0 aliphatic rings. The molecule has 0 spiro atoms. The third-order valence-electron chi connectivity index (χ3n) is 2.87. The van der Waals surface area contributed by atoms with Crippen molar-refractivity contribution in [1.29, 1.82) is 5.26 Å². The van der Waals surface area contributed by atoms with Crippen LogP contribution in [0.5, 0.6) is 0 Å². The first-order valence-electron chi connectivity index (χ1n) is 6.18. The van der Waals surface area contributed by atoms with Gasteiger partial charge in [0.1, 0.15) is 6.04 Å². The van der Waals surface area contributed by atoms with Gasteiger partial charge in [-0.05, 0) is 32.0 Å². The van der Waals surface area contributed by atoms with Crippen molar-refractivity contribution < 1.29 is 14.7 Å². The summed E-state index contributed by atoms with van der Waals surface area (Å²) in [6, 6.07) is 7.48. The van der Waals surface area contributed by atoms with Crippen LogP contribution in [0.3, 0.4) is 0 Å². The van der Waals surface area contributed by atoms with Crippen molar-refractivity contribution >= 4 is 29.3 Å². The predicted octanol–water partition coefficient (Wildman–Crippen LogP) is 1.42. The second kappa shape index (κ2) is 7.11. The van der Waals surface area contributed by atoms with Crippen molar-refractivity contribution in [1.82, 2.24) is 0 Å². The number of anilines is 1. The molecule has 0 saturated heterocycles. The van der Waals surface area contributed by atoms with Gasteiger partial charge in [0.2, 0.25) is 5.91 Å². The highest BCUT2D eigenvalue weighted by Crippen LogP contribution is 2.27. The van der Waals surface area contributed by atoms with Crippen molar-refractivity contribution in [2.24, 2.45) is 5.73 Å². The molecule has 0 aromatic heterocycles. The number of nitrogens with two attached hydrogens (primary N) is 1. The summed E-state index contributed by atoms with van der Waals surface area (Å²) in [5, 5.41) is 20.3. The highest BCUT2D eigenvalue weighted by Gasteiger charge is 2.33. The van der Waals surface area contributed by atoms with Gasteiger partial charge in [-0.25, -0.2) is 0 Å². The Bertz CT molecular complexity index is 581. The summed E-state index contributed by atoms with van der Waals surface area (Å²) in [7, 11) is 0. The molecule has 6 nitrogen and oxygen atoms in total. The normalized spacial score (nSPS) is 12.3. The van der Waals surface area contributed by atoms with Gasteiger partial charge < -0.3 is 16.2 Å². The van der Waals surface area contributed by atoms with Gasteiger partial charge in [-0.15, -0.1) is 11.8 Å². The maximum Gasteiger partial charge on any atom is 0.321 e. The molecule has 1 amide bonds. The zero-order valence-electron chi connectivity index (χ0n) is 11.8. The molecule has 1 atom stereocenters. The minimum absolute atomic E-state index is 0.0742. The molecule has 112 valence electrons. The molecule has 0 fully saturated rings.